The average molecular weight is 593 g/mol. The third kappa shape index (κ3) is 7.60. The van der Waals surface area contributed by atoms with Crippen molar-refractivity contribution in [2.45, 2.75) is 38.4 Å². The molecule has 0 aliphatic carbocycles. The molecule has 1 aliphatic rings. The van der Waals surface area contributed by atoms with Crippen molar-refractivity contribution in [3.8, 4) is 0 Å². The van der Waals surface area contributed by atoms with E-state index >= 15 is 0 Å². The molecule has 3 N–H and O–H groups in total. The van der Waals surface area contributed by atoms with E-state index in [1.807, 2.05) is 24.3 Å². The summed E-state index contributed by atoms with van der Waals surface area (Å²) in [6.45, 7) is 2.16. The lowest BCUT2D eigenvalue weighted by Gasteiger charge is -2.35. The summed E-state index contributed by atoms with van der Waals surface area (Å²) in [5, 5.41) is 14.2. The van der Waals surface area contributed by atoms with Crippen molar-refractivity contribution in [1.29, 1.82) is 0 Å². The molecule has 0 spiro atoms. The second kappa shape index (κ2) is 11.6. The fourth-order valence-electron chi connectivity index (χ4n) is 3.50. The Hall–Kier alpha value is -1.80. The van der Waals surface area contributed by atoms with Crippen LogP contribution in [0.5, 0.6) is 0 Å². The third-order valence-electron chi connectivity index (χ3n) is 5.14. The van der Waals surface area contributed by atoms with Crippen LogP contribution in [0.4, 0.5) is 8.78 Å². The smallest absolute Gasteiger partial charge is 0.241 e. The first-order chi connectivity index (χ1) is 15.7. The number of nitrogens with one attached hydrogen (secondary N) is 2. The molecule has 0 radical (unpaired) electrons. The van der Waals surface area contributed by atoms with Gasteiger partial charge in [0.05, 0.1) is 17.9 Å². The summed E-state index contributed by atoms with van der Waals surface area (Å²) in [6.07, 6.45) is 0.779. The van der Waals surface area contributed by atoms with E-state index in [0.717, 1.165) is 15.2 Å². The Morgan fingerprint density at radius 3 is 2.58 bits per heavy atom. The molecule has 0 aromatic heterocycles. The van der Waals surface area contributed by atoms with E-state index in [1.54, 1.807) is 0 Å². The van der Waals surface area contributed by atoms with E-state index in [-0.39, 0.29) is 18.7 Å². The predicted octanol–water partition coefficient (Wildman–Crippen LogP) is 2.66. The number of rotatable bonds is 11. The van der Waals surface area contributed by atoms with Gasteiger partial charge in [-0.2, -0.15) is 4.72 Å². The zero-order valence-corrected chi connectivity index (χ0v) is 20.9. The third-order valence-corrected chi connectivity index (χ3v) is 7.13. The second-order valence-corrected chi connectivity index (χ2v) is 10.9. The maximum absolute atomic E-state index is 13.8. The number of benzene rings is 2. The molecule has 33 heavy (non-hydrogen) atoms. The van der Waals surface area contributed by atoms with Gasteiger partial charge in [0.2, 0.25) is 16.4 Å². The summed E-state index contributed by atoms with van der Waals surface area (Å²) in [7, 11) is -3.61. The normalized spacial score (nSPS) is 17.7. The first kappa shape index (κ1) is 25.8. The highest BCUT2D eigenvalue weighted by atomic mass is 127. The zero-order valence-electron chi connectivity index (χ0n) is 17.9. The number of hydrogen-bond donors (Lipinski definition) is 3. The van der Waals surface area contributed by atoms with Crippen LogP contribution in [-0.4, -0.2) is 49.2 Å². The molecule has 0 amide bonds. The van der Waals surface area contributed by atoms with E-state index in [4.69, 9.17) is 4.74 Å². The molecule has 180 valence electrons. The number of nitrogens with zero attached hydrogens (tertiary/aromatic N) is 1. The van der Waals surface area contributed by atoms with Crippen molar-refractivity contribution in [3.63, 3.8) is 0 Å². The first-order valence-electron chi connectivity index (χ1n) is 10.3. The largest absolute Gasteiger partial charge is 0.462 e. The lowest BCUT2D eigenvalue weighted by Crippen LogP contribution is -2.54. The van der Waals surface area contributed by atoms with Gasteiger partial charge < -0.3 is 20.1 Å². The van der Waals surface area contributed by atoms with Gasteiger partial charge in [-0.1, -0.05) is 12.1 Å². The Morgan fingerprint density at radius 1 is 1.18 bits per heavy atom. The van der Waals surface area contributed by atoms with Crippen LogP contribution in [0.3, 0.4) is 0 Å². The van der Waals surface area contributed by atoms with Gasteiger partial charge in [0.25, 0.3) is 0 Å². The highest BCUT2D eigenvalue weighted by molar-refractivity contribution is 14.1. The molecular weight excluding hydrogens is 567 g/mol. The van der Waals surface area contributed by atoms with Gasteiger partial charge in [-0.3, -0.25) is 0 Å². The van der Waals surface area contributed by atoms with Crippen LogP contribution in [0, 0.1) is 15.2 Å². The lowest BCUT2D eigenvalue weighted by atomic mass is 9.99. The topological polar surface area (TPSA) is 90.9 Å². The van der Waals surface area contributed by atoms with Gasteiger partial charge >= 0.3 is 0 Å². The number of aliphatic hydroxyl groups excluding tert-OH is 1. The number of sulfonamides is 1. The maximum atomic E-state index is 13.8. The van der Waals surface area contributed by atoms with Gasteiger partial charge in [-0.15, -0.1) is 0 Å². The van der Waals surface area contributed by atoms with Crippen molar-refractivity contribution >= 4 is 32.6 Å². The Labute approximate surface area is 206 Å². The van der Waals surface area contributed by atoms with Crippen LogP contribution in [0.15, 0.2) is 54.9 Å². The molecular formula is C22H26F2IN3O4S. The molecule has 0 saturated carbocycles. The van der Waals surface area contributed by atoms with Gasteiger partial charge in [0, 0.05) is 28.9 Å². The van der Waals surface area contributed by atoms with Crippen LogP contribution < -0.4 is 10.0 Å². The van der Waals surface area contributed by atoms with Crippen LogP contribution in [0.2, 0.25) is 0 Å². The molecule has 7 nitrogen and oxygen atoms in total. The monoisotopic (exact) mass is 593 g/mol. The van der Waals surface area contributed by atoms with E-state index in [9.17, 15) is 22.3 Å². The minimum absolute atomic E-state index is 0.0544. The lowest BCUT2D eigenvalue weighted by molar-refractivity contribution is -0.0190. The van der Waals surface area contributed by atoms with Crippen LogP contribution in [0.1, 0.15) is 18.1 Å². The molecule has 2 aromatic carbocycles. The fourth-order valence-corrected chi connectivity index (χ4v) is 4.75. The summed E-state index contributed by atoms with van der Waals surface area (Å²) in [6, 6.07) is 10.3. The molecule has 1 heterocycles. The Kier molecular flexibility index (Phi) is 9.04. The van der Waals surface area contributed by atoms with Crippen LogP contribution >= 0.6 is 22.6 Å². The van der Waals surface area contributed by atoms with Gasteiger partial charge in [-0.25, -0.2) is 17.2 Å². The molecule has 0 saturated heterocycles. The molecule has 3 atom stereocenters. The van der Waals surface area contributed by atoms with E-state index in [0.29, 0.717) is 12.1 Å². The Balaban J connectivity index is 1.77. The van der Waals surface area contributed by atoms with Gasteiger partial charge in [0.1, 0.15) is 17.9 Å². The molecule has 0 fully saturated rings. The summed E-state index contributed by atoms with van der Waals surface area (Å²) in [4.78, 5) is 1.51. The molecule has 1 unspecified atom stereocenters. The Bertz CT molecular complexity index is 1070. The maximum Gasteiger partial charge on any atom is 0.241 e. The summed E-state index contributed by atoms with van der Waals surface area (Å²) < 4.78 is 60.6. The number of hydrogen-bond acceptors (Lipinski definition) is 6. The second-order valence-electron chi connectivity index (χ2n) is 7.62. The number of ether oxygens (including phenoxy) is 1. The van der Waals surface area contributed by atoms with Crippen molar-refractivity contribution in [3.05, 3.63) is 81.3 Å². The zero-order chi connectivity index (χ0) is 24.0. The fraction of sp³-hybridized carbons (Fsp3) is 0.364. The minimum Gasteiger partial charge on any atom is -0.462 e. The number of aliphatic hydroxyl groups is 1. The molecule has 3 rings (SSSR count). The highest BCUT2D eigenvalue weighted by Crippen LogP contribution is 2.22. The standard InChI is InChI=1S/C22H26F2IN3O4S/c1-2-33(30,31)27-22-28(6-7-32-22)20(11-16-8-17(23)12-18(24)9-16)21(29)14-26-13-15-4-3-5-19(25)10-15/h3-10,12,20-22,26-27,29H,2,11,13-14H2,1H3/t20-,21+,22?/m0/s1. The van der Waals surface area contributed by atoms with Crippen molar-refractivity contribution in [1.82, 2.24) is 14.9 Å². The first-order valence-corrected chi connectivity index (χ1v) is 13.1. The Morgan fingerprint density at radius 2 is 1.91 bits per heavy atom. The quantitative estimate of drug-likeness (QED) is 0.348. The number of halogens is 3. The van der Waals surface area contributed by atoms with Gasteiger partial charge in [0.15, 0.2) is 0 Å². The summed E-state index contributed by atoms with van der Waals surface area (Å²) in [5.41, 5.74) is 1.36. The molecule has 11 heteroatoms. The van der Waals surface area contributed by atoms with E-state index in [1.165, 1.54) is 36.4 Å². The van der Waals surface area contributed by atoms with Gasteiger partial charge in [-0.05, 0) is 71.3 Å². The highest BCUT2D eigenvalue weighted by Gasteiger charge is 2.34. The van der Waals surface area contributed by atoms with Crippen molar-refractivity contribution in [2.24, 2.45) is 0 Å². The predicted molar refractivity (Wildman–Crippen MR) is 129 cm³/mol. The summed E-state index contributed by atoms with van der Waals surface area (Å²) in [5.74, 6) is -1.61. The van der Waals surface area contributed by atoms with Crippen molar-refractivity contribution in [2.75, 3.05) is 12.3 Å². The molecule has 1 aliphatic heterocycles. The van der Waals surface area contributed by atoms with Crippen LogP contribution in [0.25, 0.3) is 0 Å². The average Bonchev–Trinajstić information content (AvgIpc) is 3.18. The van der Waals surface area contributed by atoms with Crippen LogP contribution in [-0.2, 0) is 27.7 Å². The van der Waals surface area contributed by atoms with E-state index < -0.39 is 40.2 Å². The summed E-state index contributed by atoms with van der Waals surface area (Å²) >= 11 is 2.22. The molecule has 0 bridgehead atoms. The SMILES string of the molecule is CCS(=O)(=O)NC1OC=CN1[C@@H](Cc1cc(F)cc(F)c1)[C@H](O)CNCc1cccc(I)c1. The van der Waals surface area contributed by atoms with E-state index in [2.05, 4.69) is 32.6 Å². The molecule has 2 aromatic rings. The minimum atomic E-state index is -3.61. The van der Waals surface area contributed by atoms with Crippen molar-refractivity contribution < 1.29 is 27.0 Å².